The zero-order chi connectivity index (χ0) is 21.1. The van der Waals surface area contributed by atoms with Crippen molar-refractivity contribution in [3.8, 4) is 0 Å². The van der Waals surface area contributed by atoms with Gasteiger partial charge in [0.25, 0.3) is 5.56 Å². The van der Waals surface area contributed by atoms with E-state index in [0.29, 0.717) is 38.0 Å². The second-order valence-corrected chi connectivity index (χ2v) is 7.90. The summed E-state index contributed by atoms with van der Waals surface area (Å²) in [6.07, 6.45) is 2.48. The molecule has 0 radical (unpaired) electrons. The van der Waals surface area contributed by atoms with Crippen LogP contribution in [-0.2, 0) is 9.53 Å². The van der Waals surface area contributed by atoms with Gasteiger partial charge in [-0.3, -0.25) is 9.59 Å². The molecule has 2 fully saturated rings. The Balaban J connectivity index is 1.19. The molecule has 2 aliphatic rings. The van der Waals surface area contributed by atoms with Crippen LogP contribution in [0.4, 0.5) is 16.2 Å². The number of benzene rings is 1. The number of aromatic amines is 1. The van der Waals surface area contributed by atoms with Gasteiger partial charge in [-0.1, -0.05) is 29.8 Å². The van der Waals surface area contributed by atoms with E-state index in [9.17, 15) is 14.4 Å². The largest absolute Gasteiger partial charge is 0.444 e. The van der Waals surface area contributed by atoms with Crippen molar-refractivity contribution in [3.05, 3.63) is 51.9 Å². The first kappa shape index (κ1) is 20.2. The maximum absolute atomic E-state index is 12.2. The third-order valence-corrected chi connectivity index (χ3v) is 5.77. The lowest BCUT2D eigenvalue weighted by Crippen LogP contribution is -2.48. The Labute approximate surface area is 177 Å². The van der Waals surface area contributed by atoms with E-state index in [2.05, 4.69) is 20.8 Å². The van der Waals surface area contributed by atoms with Gasteiger partial charge >= 0.3 is 6.09 Å². The third kappa shape index (κ3) is 4.56. The van der Waals surface area contributed by atoms with E-state index in [1.165, 1.54) is 6.20 Å². The maximum Gasteiger partial charge on any atom is 0.407 e. The molecule has 0 bridgehead atoms. The van der Waals surface area contributed by atoms with E-state index in [0.717, 1.165) is 5.69 Å². The highest BCUT2D eigenvalue weighted by atomic mass is 35.5. The van der Waals surface area contributed by atoms with Crippen LogP contribution in [0, 0.1) is 5.92 Å². The number of ether oxygens (including phenoxy) is 1. The number of aromatic nitrogens is 2. The molecule has 0 spiro atoms. The van der Waals surface area contributed by atoms with Crippen LogP contribution in [0.1, 0.15) is 19.3 Å². The normalized spacial score (nSPS) is 22.8. The number of para-hydroxylation sites is 1. The van der Waals surface area contributed by atoms with Crippen molar-refractivity contribution in [2.75, 3.05) is 23.3 Å². The van der Waals surface area contributed by atoms with Crippen molar-refractivity contribution < 1.29 is 14.3 Å². The number of H-pyrrole nitrogens is 1. The molecule has 1 aromatic heterocycles. The van der Waals surface area contributed by atoms with Crippen molar-refractivity contribution in [1.29, 1.82) is 0 Å². The van der Waals surface area contributed by atoms with Crippen LogP contribution in [0.5, 0.6) is 0 Å². The van der Waals surface area contributed by atoms with Crippen LogP contribution in [-0.4, -0.2) is 47.4 Å². The Bertz CT molecular complexity index is 977. The van der Waals surface area contributed by atoms with Crippen molar-refractivity contribution >= 4 is 35.0 Å². The molecule has 1 aromatic carbocycles. The van der Waals surface area contributed by atoms with E-state index >= 15 is 0 Å². The number of hydrogen-bond acceptors (Lipinski definition) is 6. The van der Waals surface area contributed by atoms with Gasteiger partial charge in [0.1, 0.15) is 11.1 Å². The lowest BCUT2D eigenvalue weighted by molar-refractivity contribution is -0.122. The van der Waals surface area contributed by atoms with Crippen molar-refractivity contribution in [2.24, 2.45) is 5.92 Å². The van der Waals surface area contributed by atoms with E-state index in [-0.39, 0.29) is 29.0 Å². The van der Waals surface area contributed by atoms with Gasteiger partial charge in [0.05, 0.1) is 18.4 Å². The SMILES string of the molecule is O=C(NC1CC(C(=O)Nc2ccccc2)C1)O[C@@H]1CCN(c2cn[nH]c(=O)c2Cl)C1. The molecule has 1 aliphatic heterocycles. The smallest absolute Gasteiger partial charge is 0.407 e. The lowest BCUT2D eigenvalue weighted by atomic mass is 9.79. The summed E-state index contributed by atoms with van der Waals surface area (Å²) < 4.78 is 5.49. The topological polar surface area (TPSA) is 116 Å². The highest BCUT2D eigenvalue weighted by Crippen LogP contribution is 2.29. The fourth-order valence-electron chi connectivity index (χ4n) is 3.71. The molecule has 0 unspecified atom stereocenters. The van der Waals surface area contributed by atoms with E-state index in [1.54, 1.807) is 0 Å². The van der Waals surface area contributed by atoms with Crippen LogP contribution < -0.4 is 21.1 Å². The number of nitrogens with zero attached hydrogens (tertiary/aromatic N) is 2. The molecular formula is C20H22ClN5O4. The molecule has 1 saturated heterocycles. The zero-order valence-corrected chi connectivity index (χ0v) is 16.9. The van der Waals surface area contributed by atoms with Crippen LogP contribution in [0.2, 0.25) is 5.02 Å². The lowest BCUT2D eigenvalue weighted by Gasteiger charge is -2.34. The number of hydrogen-bond donors (Lipinski definition) is 3. The fourth-order valence-corrected chi connectivity index (χ4v) is 3.92. The van der Waals surface area contributed by atoms with E-state index in [1.807, 2.05) is 35.2 Å². The number of carbonyl (C=O) groups excluding carboxylic acids is 2. The minimum atomic E-state index is -0.496. The van der Waals surface area contributed by atoms with Gasteiger partial charge in [0, 0.05) is 30.6 Å². The molecular weight excluding hydrogens is 410 g/mol. The molecule has 10 heteroatoms. The summed E-state index contributed by atoms with van der Waals surface area (Å²) in [6, 6.07) is 9.21. The van der Waals surface area contributed by atoms with Crippen LogP contribution in [0.15, 0.2) is 41.3 Å². The van der Waals surface area contributed by atoms with Gasteiger partial charge in [-0.05, 0) is 25.0 Å². The van der Waals surface area contributed by atoms with E-state index < -0.39 is 11.7 Å². The zero-order valence-electron chi connectivity index (χ0n) is 16.1. The first-order valence-electron chi connectivity index (χ1n) is 9.81. The number of carbonyl (C=O) groups is 2. The molecule has 2 amide bonds. The predicted molar refractivity (Wildman–Crippen MR) is 112 cm³/mol. The van der Waals surface area contributed by atoms with Gasteiger partial charge in [-0.2, -0.15) is 5.10 Å². The molecule has 2 heterocycles. The molecule has 4 rings (SSSR count). The Hall–Kier alpha value is -3.07. The summed E-state index contributed by atoms with van der Waals surface area (Å²) in [7, 11) is 0. The molecule has 158 valence electrons. The van der Waals surface area contributed by atoms with Crippen molar-refractivity contribution in [2.45, 2.75) is 31.4 Å². The molecule has 9 nitrogen and oxygen atoms in total. The van der Waals surface area contributed by atoms with Gasteiger partial charge < -0.3 is 20.3 Å². The Kier molecular flexibility index (Phi) is 5.89. The number of nitrogens with one attached hydrogen (secondary N) is 3. The fraction of sp³-hybridized carbons (Fsp3) is 0.400. The maximum atomic E-state index is 12.2. The molecule has 1 aliphatic carbocycles. The number of anilines is 2. The van der Waals surface area contributed by atoms with Crippen LogP contribution >= 0.6 is 11.6 Å². The second kappa shape index (κ2) is 8.74. The minimum absolute atomic E-state index is 0.0395. The quantitative estimate of drug-likeness (QED) is 0.667. The second-order valence-electron chi connectivity index (χ2n) is 7.53. The molecule has 1 atom stereocenters. The van der Waals surface area contributed by atoms with Gasteiger partial charge in [-0.25, -0.2) is 9.89 Å². The van der Waals surface area contributed by atoms with Gasteiger partial charge in [0.15, 0.2) is 0 Å². The summed E-state index contributed by atoms with van der Waals surface area (Å²) in [6.45, 7) is 1.04. The first-order chi connectivity index (χ1) is 14.5. The van der Waals surface area contributed by atoms with Gasteiger partial charge in [-0.15, -0.1) is 0 Å². The summed E-state index contributed by atoms with van der Waals surface area (Å²) >= 11 is 6.03. The monoisotopic (exact) mass is 431 g/mol. The predicted octanol–water partition coefficient (Wildman–Crippen LogP) is 2.15. The Morgan fingerprint density at radius 1 is 1.23 bits per heavy atom. The average molecular weight is 432 g/mol. The standard InChI is InChI=1S/C20H22ClN5O4/c21-17-16(10-22-25-19(17)28)26-7-6-15(11-26)30-20(29)24-14-8-12(9-14)18(27)23-13-4-2-1-3-5-13/h1-5,10,12,14-15H,6-9,11H2,(H,23,27)(H,24,29)(H,25,28)/t12?,14?,15-/m1/s1. The number of amides is 2. The Morgan fingerprint density at radius 3 is 2.77 bits per heavy atom. The van der Waals surface area contributed by atoms with Crippen LogP contribution in [0.25, 0.3) is 0 Å². The molecule has 3 N–H and O–H groups in total. The Morgan fingerprint density at radius 2 is 2.00 bits per heavy atom. The van der Waals surface area contributed by atoms with Crippen molar-refractivity contribution in [1.82, 2.24) is 15.5 Å². The highest BCUT2D eigenvalue weighted by molar-refractivity contribution is 6.33. The highest BCUT2D eigenvalue weighted by Gasteiger charge is 2.36. The summed E-state index contributed by atoms with van der Waals surface area (Å²) in [5, 5.41) is 11.8. The molecule has 1 saturated carbocycles. The molecule has 2 aromatic rings. The van der Waals surface area contributed by atoms with Crippen LogP contribution in [0.3, 0.4) is 0 Å². The number of rotatable bonds is 5. The first-order valence-corrected chi connectivity index (χ1v) is 10.2. The van der Waals surface area contributed by atoms with E-state index in [4.69, 9.17) is 16.3 Å². The van der Waals surface area contributed by atoms with Gasteiger partial charge in [0.2, 0.25) is 5.91 Å². The number of halogens is 1. The summed E-state index contributed by atoms with van der Waals surface area (Å²) in [5.74, 6) is -0.161. The average Bonchev–Trinajstić information content (AvgIpc) is 3.15. The minimum Gasteiger partial charge on any atom is -0.444 e. The summed E-state index contributed by atoms with van der Waals surface area (Å²) in [4.78, 5) is 37.9. The van der Waals surface area contributed by atoms with Crippen molar-refractivity contribution in [3.63, 3.8) is 0 Å². The number of alkyl carbamates (subject to hydrolysis) is 1. The summed E-state index contributed by atoms with van der Waals surface area (Å²) in [5.41, 5.74) is 0.838. The molecule has 30 heavy (non-hydrogen) atoms. The third-order valence-electron chi connectivity index (χ3n) is 5.41.